The van der Waals surface area contributed by atoms with Crippen LogP contribution < -0.4 is 5.90 Å². The summed E-state index contributed by atoms with van der Waals surface area (Å²) in [4.78, 5) is 5.17. The lowest BCUT2D eigenvalue weighted by molar-refractivity contribution is 0.0674. The molecule has 0 aliphatic heterocycles. The van der Waals surface area contributed by atoms with Crippen molar-refractivity contribution in [3.63, 3.8) is 0 Å². The van der Waals surface area contributed by atoms with E-state index >= 15 is 0 Å². The summed E-state index contributed by atoms with van der Waals surface area (Å²) in [6.45, 7) is 1.84. The fourth-order valence-electron chi connectivity index (χ4n) is 7.37. The van der Waals surface area contributed by atoms with Gasteiger partial charge in [-0.05, 0) is 68.4 Å². The monoisotopic (exact) mass is 693 g/mol. The van der Waals surface area contributed by atoms with Crippen molar-refractivity contribution in [2.75, 3.05) is 0 Å². The molecular formula is C42H31NO9. The van der Waals surface area contributed by atoms with E-state index in [2.05, 4.69) is 0 Å². The molecule has 0 radical (unpaired) electrons. The van der Waals surface area contributed by atoms with E-state index in [1.807, 2.05) is 61.5 Å². The first kappa shape index (κ1) is 32.3. The van der Waals surface area contributed by atoms with Crippen LogP contribution >= 0.6 is 0 Å². The molecule has 10 N–H and O–H groups in total. The molecule has 0 spiro atoms. The summed E-state index contributed by atoms with van der Waals surface area (Å²) in [5, 5.41) is 92.2. The first-order valence-electron chi connectivity index (χ1n) is 16.3. The minimum Gasteiger partial charge on any atom is -0.504 e. The van der Waals surface area contributed by atoms with Crippen LogP contribution in [0.5, 0.6) is 46.0 Å². The third-order valence-electron chi connectivity index (χ3n) is 9.89. The summed E-state index contributed by atoms with van der Waals surface area (Å²) >= 11 is 0. The summed E-state index contributed by atoms with van der Waals surface area (Å²) in [5.41, 5.74) is 3.11. The molecule has 0 bridgehead atoms. The number of phenolic OH excluding ortho intramolecular Hbond substituents is 8. The van der Waals surface area contributed by atoms with Crippen molar-refractivity contribution in [1.29, 1.82) is 0 Å². The van der Waals surface area contributed by atoms with Crippen molar-refractivity contribution in [3.8, 4) is 79.4 Å². The Kier molecular flexibility index (Phi) is 7.38. The number of nitrogens with two attached hydrogens (primary N) is 1. The van der Waals surface area contributed by atoms with Gasteiger partial charge in [-0.15, -0.1) is 0 Å². The molecule has 0 aliphatic rings. The van der Waals surface area contributed by atoms with Gasteiger partial charge in [-0.3, -0.25) is 4.84 Å². The largest absolute Gasteiger partial charge is 0.504 e. The molecule has 0 saturated carbocycles. The molecule has 1 unspecified atom stereocenters. The smallest absolute Gasteiger partial charge is 0.204 e. The average Bonchev–Trinajstić information content (AvgIpc) is 3.18. The molecule has 10 heteroatoms. The molecule has 8 aromatic rings. The second-order valence-corrected chi connectivity index (χ2v) is 12.7. The molecule has 0 aliphatic carbocycles. The molecule has 258 valence electrons. The Morgan fingerprint density at radius 3 is 1.46 bits per heavy atom. The normalized spacial score (nSPS) is 12.3. The van der Waals surface area contributed by atoms with Crippen molar-refractivity contribution >= 4 is 43.1 Å². The Morgan fingerprint density at radius 1 is 0.442 bits per heavy atom. The van der Waals surface area contributed by atoms with Crippen molar-refractivity contribution < 1.29 is 45.7 Å². The SMILES string of the molecule is CC(ON)c1cc(-c2ccc(-c3c4c(O)c(O)c(O)c(O)c4c(-c4cccc5ccccc45)c4c(O)c(O)c(O)c(O)c34)cc2)cc2ccccc12. The quantitative estimate of drug-likeness (QED) is 0.0363. The minimum absolute atomic E-state index is 0.00620. The predicted octanol–water partition coefficient (Wildman–Crippen LogP) is 8.90. The van der Waals surface area contributed by atoms with E-state index in [0.717, 1.165) is 32.8 Å². The molecule has 0 amide bonds. The predicted molar refractivity (Wildman–Crippen MR) is 200 cm³/mol. The summed E-state index contributed by atoms with van der Waals surface area (Å²) in [5.74, 6) is -1.88. The molecular weight excluding hydrogens is 662 g/mol. The number of rotatable bonds is 5. The lowest BCUT2D eigenvalue weighted by atomic mass is 9.82. The lowest BCUT2D eigenvalue weighted by Gasteiger charge is -2.23. The van der Waals surface area contributed by atoms with Gasteiger partial charge in [0, 0.05) is 32.7 Å². The van der Waals surface area contributed by atoms with Crippen LogP contribution in [0.25, 0.3) is 76.5 Å². The van der Waals surface area contributed by atoms with E-state index < -0.39 is 52.1 Å². The zero-order chi connectivity index (χ0) is 36.6. The Labute approximate surface area is 295 Å². The summed E-state index contributed by atoms with van der Waals surface area (Å²) in [6.07, 6.45) is -0.415. The van der Waals surface area contributed by atoms with E-state index in [-0.39, 0.29) is 32.7 Å². The van der Waals surface area contributed by atoms with Gasteiger partial charge in [0.1, 0.15) is 6.10 Å². The molecule has 0 saturated heterocycles. The van der Waals surface area contributed by atoms with Crippen LogP contribution in [0.1, 0.15) is 18.6 Å². The van der Waals surface area contributed by atoms with Gasteiger partial charge in [-0.25, -0.2) is 5.90 Å². The number of benzene rings is 8. The number of hydrogen-bond donors (Lipinski definition) is 9. The summed E-state index contributed by atoms with van der Waals surface area (Å²) in [7, 11) is 0. The fraction of sp³-hybridized carbons (Fsp3) is 0.0476. The van der Waals surface area contributed by atoms with Crippen molar-refractivity contribution in [2.24, 2.45) is 5.90 Å². The molecule has 0 heterocycles. The molecule has 0 fully saturated rings. The van der Waals surface area contributed by atoms with Gasteiger partial charge in [0.25, 0.3) is 0 Å². The second kappa shape index (κ2) is 11.9. The van der Waals surface area contributed by atoms with Crippen LogP contribution in [0.2, 0.25) is 0 Å². The van der Waals surface area contributed by atoms with Gasteiger partial charge >= 0.3 is 0 Å². The Balaban J connectivity index is 1.50. The highest BCUT2D eigenvalue weighted by Crippen LogP contribution is 2.62. The van der Waals surface area contributed by atoms with Crippen LogP contribution in [-0.2, 0) is 4.84 Å². The van der Waals surface area contributed by atoms with E-state index in [9.17, 15) is 40.9 Å². The maximum Gasteiger partial charge on any atom is 0.204 e. The average molecular weight is 694 g/mol. The van der Waals surface area contributed by atoms with E-state index in [1.54, 1.807) is 48.5 Å². The Bertz CT molecular complexity index is 2690. The number of aromatic hydroxyl groups is 8. The molecule has 1 atom stereocenters. The topological polar surface area (TPSA) is 197 Å². The lowest BCUT2D eigenvalue weighted by Crippen LogP contribution is -2.06. The first-order valence-corrected chi connectivity index (χ1v) is 16.3. The summed E-state index contributed by atoms with van der Waals surface area (Å²) < 4.78 is 0. The zero-order valence-corrected chi connectivity index (χ0v) is 27.5. The van der Waals surface area contributed by atoms with Gasteiger partial charge in [0.15, 0.2) is 23.0 Å². The molecule has 8 aromatic carbocycles. The highest BCUT2D eigenvalue weighted by atomic mass is 16.6. The molecule has 8 rings (SSSR count). The van der Waals surface area contributed by atoms with Crippen LogP contribution in [0.4, 0.5) is 0 Å². The van der Waals surface area contributed by atoms with Gasteiger partial charge in [-0.2, -0.15) is 0 Å². The number of phenols is 8. The van der Waals surface area contributed by atoms with Gasteiger partial charge < -0.3 is 40.9 Å². The second-order valence-electron chi connectivity index (χ2n) is 12.7. The van der Waals surface area contributed by atoms with E-state index in [1.165, 1.54) is 0 Å². The standard InChI is InChI=1S/C42H31NO9/c1-19(52-43)28-18-24(17-23-8-3-5-11-26(23)28)20-13-15-22(16-14-20)29-31-33(37(46)41(50)39(48)35(31)44)30(27-12-6-9-21-7-2-4-10-25(21)27)34-32(29)36(45)40(49)42(51)38(34)47/h2-19,44-51H,43H2,1H3. The molecule has 0 aromatic heterocycles. The maximum absolute atomic E-state index is 11.6. The third kappa shape index (κ3) is 4.59. The molecule has 52 heavy (non-hydrogen) atoms. The molecule has 10 nitrogen and oxygen atoms in total. The zero-order valence-electron chi connectivity index (χ0n) is 27.5. The Hall–Kier alpha value is -6.88. The van der Waals surface area contributed by atoms with Gasteiger partial charge in [-0.1, -0.05) is 91.0 Å². The van der Waals surface area contributed by atoms with Crippen LogP contribution in [0, 0.1) is 0 Å². The van der Waals surface area contributed by atoms with Crippen molar-refractivity contribution in [1.82, 2.24) is 0 Å². The minimum atomic E-state index is -1.03. The summed E-state index contributed by atoms with van der Waals surface area (Å²) in [6, 6.07) is 31.1. The van der Waals surface area contributed by atoms with E-state index in [0.29, 0.717) is 16.5 Å². The van der Waals surface area contributed by atoms with Crippen LogP contribution in [0.15, 0.2) is 103 Å². The maximum atomic E-state index is 11.6. The fourth-order valence-corrected chi connectivity index (χ4v) is 7.37. The number of hydrogen-bond acceptors (Lipinski definition) is 10. The van der Waals surface area contributed by atoms with Gasteiger partial charge in [0.05, 0.1) is 0 Å². The van der Waals surface area contributed by atoms with Crippen LogP contribution in [-0.4, -0.2) is 40.9 Å². The highest BCUT2D eigenvalue weighted by Gasteiger charge is 2.32. The van der Waals surface area contributed by atoms with E-state index in [4.69, 9.17) is 10.7 Å². The van der Waals surface area contributed by atoms with Crippen LogP contribution in [0.3, 0.4) is 0 Å². The first-order chi connectivity index (χ1) is 25.0. The van der Waals surface area contributed by atoms with Gasteiger partial charge in [0.2, 0.25) is 23.0 Å². The third-order valence-corrected chi connectivity index (χ3v) is 9.89. The number of fused-ring (bicyclic) bond motifs is 4. The Morgan fingerprint density at radius 2 is 0.904 bits per heavy atom. The van der Waals surface area contributed by atoms with Crippen molar-refractivity contribution in [3.05, 3.63) is 109 Å². The van der Waals surface area contributed by atoms with Crippen molar-refractivity contribution in [2.45, 2.75) is 13.0 Å². The highest BCUT2D eigenvalue weighted by molar-refractivity contribution is 6.30.